The first-order valence-corrected chi connectivity index (χ1v) is 14.3. The molecule has 11 heteroatoms. The molecule has 0 spiro atoms. The Morgan fingerprint density at radius 3 is 2.35 bits per heavy atom. The van der Waals surface area contributed by atoms with Gasteiger partial charge in [0.2, 0.25) is 0 Å². The van der Waals surface area contributed by atoms with E-state index in [2.05, 4.69) is 5.32 Å². The van der Waals surface area contributed by atoms with Gasteiger partial charge in [-0.15, -0.1) is 0 Å². The van der Waals surface area contributed by atoms with Crippen molar-refractivity contribution in [2.24, 2.45) is 0 Å². The number of rotatable bonds is 4. The normalized spacial score (nSPS) is 16.4. The number of carbonyl (C=O) groups excluding carboxylic acids is 1. The molecule has 1 heterocycles. The number of halogens is 2. The molecule has 1 aliphatic heterocycles. The molecule has 3 aromatic carbocycles. The van der Waals surface area contributed by atoms with Crippen molar-refractivity contribution in [3.8, 4) is 11.5 Å². The lowest BCUT2D eigenvalue weighted by Crippen LogP contribution is -2.25. The summed E-state index contributed by atoms with van der Waals surface area (Å²) in [6.07, 6.45) is 4.21. The molecule has 8 nitrogen and oxygen atoms in total. The Morgan fingerprint density at radius 2 is 1.65 bits per heavy atom. The lowest BCUT2D eigenvalue weighted by molar-refractivity contribution is 0.102. The van der Waals surface area contributed by atoms with Crippen LogP contribution in [0.5, 0.6) is 11.5 Å². The smallest absolute Gasteiger partial charge is 0.294 e. The Kier molecular flexibility index (Phi) is 6.81. The molecule has 0 saturated carbocycles. The van der Waals surface area contributed by atoms with E-state index in [9.17, 15) is 28.0 Å². The molecular formula is C26H17I2NO7S. The van der Waals surface area contributed by atoms with E-state index in [0.29, 0.717) is 40.8 Å². The summed E-state index contributed by atoms with van der Waals surface area (Å²) in [5.41, 5.74) is 3.48. The van der Waals surface area contributed by atoms with Crippen molar-refractivity contribution in [3.05, 3.63) is 108 Å². The highest BCUT2D eigenvalue weighted by molar-refractivity contribution is 14.1. The number of nitrogens with one attached hydrogen (secondary N) is 1. The Balaban J connectivity index is 1.62. The van der Waals surface area contributed by atoms with Crippen LogP contribution in [-0.2, 0) is 10.1 Å². The number of allylic oxidation sites excluding steroid dienone is 1. The largest absolute Gasteiger partial charge is 0.508 e. The quantitative estimate of drug-likeness (QED) is 0.200. The fraction of sp³-hybridized carbons (Fsp3) is 0.0385. The average molecular weight is 741 g/mol. The van der Waals surface area contributed by atoms with Crippen molar-refractivity contribution in [3.63, 3.8) is 0 Å². The topological polar surface area (TPSA) is 133 Å². The standard InChI is InChI=1S/C26H17I2NO7S/c27-20-11-15(37(33,34)35)12-21(28)25(20)29-26(32)17-4-2-1-3-16(17)24-18-7-5-13(30)9-22(18)36-23-10-14(31)6-8-19(23)24/h1-12,22,30-31H,(H,29,32)(H,33,34,35). The number of hydrogen-bond acceptors (Lipinski definition) is 6. The predicted octanol–water partition coefficient (Wildman–Crippen LogP) is 5.68. The summed E-state index contributed by atoms with van der Waals surface area (Å²) < 4.78 is 39.5. The van der Waals surface area contributed by atoms with Crippen LogP contribution in [0.3, 0.4) is 0 Å². The Hall–Kier alpha value is -2.88. The first-order valence-electron chi connectivity index (χ1n) is 10.7. The van der Waals surface area contributed by atoms with Crippen molar-refractivity contribution < 1.29 is 32.7 Å². The summed E-state index contributed by atoms with van der Waals surface area (Å²) in [4.78, 5) is 13.3. The minimum atomic E-state index is -4.40. The molecular weight excluding hydrogens is 724 g/mol. The highest BCUT2D eigenvalue weighted by Crippen LogP contribution is 2.44. The van der Waals surface area contributed by atoms with Gasteiger partial charge in [0.05, 0.1) is 10.6 Å². The number of phenols is 1. The van der Waals surface area contributed by atoms with Gasteiger partial charge >= 0.3 is 0 Å². The molecule has 1 unspecified atom stereocenters. The summed E-state index contributed by atoms with van der Waals surface area (Å²) in [5, 5.41) is 22.9. The zero-order valence-corrected chi connectivity index (χ0v) is 23.8. The van der Waals surface area contributed by atoms with Crippen molar-refractivity contribution in [2.75, 3.05) is 5.32 Å². The molecule has 0 radical (unpaired) electrons. The number of ether oxygens (including phenoxy) is 1. The predicted molar refractivity (Wildman–Crippen MR) is 154 cm³/mol. The molecule has 0 aromatic heterocycles. The maximum absolute atomic E-state index is 13.6. The molecule has 5 rings (SSSR count). The van der Waals surface area contributed by atoms with Crippen LogP contribution >= 0.6 is 45.2 Å². The van der Waals surface area contributed by atoms with Gasteiger partial charge < -0.3 is 20.3 Å². The molecule has 0 fully saturated rings. The molecule has 2 aliphatic rings. The SMILES string of the molecule is O=C(Nc1c(I)cc(S(=O)(=O)O)cc1I)c1ccccc1C1=C2C=CC(O)=CC2Oc2cc(O)ccc21. The van der Waals surface area contributed by atoms with Gasteiger partial charge in [0.1, 0.15) is 23.4 Å². The molecule has 3 aromatic rings. The summed E-state index contributed by atoms with van der Waals surface area (Å²) in [7, 11) is -4.40. The second-order valence-electron chi connectivity index (χ2n) is 8.21. The van der Waals surface area contributed by atoms with Gasteiger partial charge in [-0.3, -0.25) is 9.35 Å². The first kappa shape index (κ1) is 25.8. The number of hydrogen-bond donors (Lipinski definition) is 4. The monoisotopic (exact) mass is 741 g/mol. The van der Waals surface area contributed by atoms with Crippen LogP contribution in [0.4, 0.5) is 5.69 Å². The van der Waals surface area contributed by atoms with Crippen molar-refractivity contribution in [1.29, 1.82) is 0 Å². The first-order chi connectivity index (χ1) is 17.5. The fourth-order valence-electron chi connectivity index (χ4n) is 4.20. The van der Waals surface area contributed by atoms with Gasteiger partial charge in [-0.25, -0.2) is 0 Å². The molecule has 4 N–H and O–H groups in total. The lowest BCUT2D eigenvalue weighted by atomic mass is 9.84. The number of benzene rings is 3. The Bertz CT molecular complexity index is 1650. The Labute approximate surface area is 239 Å². The van der Waals surface area contributed by atoms with E-state index in [1.54, 1.807) is 48.6 Å². The third-order valence-corrected chi connectivity index (χ3v) is 8.37. The molecule has 1 aliphatic carbocycles. The summed E-state index contributed by atoms with van der Waals surface area (Å²) in [6.45, 7) is 0. The summed E-state index contributed by atoms with van der Waals surface area (Å²) in [5.74, 6) is 0.0359. The molecule has 37 heavy (non-hydrogen) atoms. The van der Waals surface area contributed by atoms with Gasteiger partial charge in [-0.1, -0.05) is 24.3 Å². The van der Waals surface area contributed by atoms with Gasteiger partial charge in [0.25, 0.3) is 16.0 Å². The maximum Gasteiger partial charge on any atom is 0.294 e. The lowest BCUT2D eigenvalue weighted by Gasteiger charge is -2.31. The molecule has 0 bridgehead atoms. The molecule has 1 atom stereocenters. The van der Waals surface area contributed by atoms with Crippen LogP contribution in [0.15, 0.2) is 89.1 Å². The average Bonchev–Trinajstić information content (AvgIpc) is 2.83. The number of carbonyl (C=O) groups is 1. The summed E-state index contributed by atoms with van der Waals surface area (Å²) in [6, 6.07) is 14.3. The van der Waals surface area contributed by atoms with Crippen LogP contribution in [0.1, 0.15) is 21.5 Å². The Morgan fingerprint density at radius 1 is 0.946 bits per heavy atom. The van der Waals surface area contributed by atoms with Crippen LogP contribution in [0, 0.1) is 7.14 Å². The van der Waals surface area contributed by atoms with Gasteiger partial charge in [-0.2, -0.15) is 8.42 Å². The number of aliphatic hydroxyl groups is 1. The minimum Gasteiger partial charge on any atom is -0.508 e. The van der Waals surface area contributed by atoms with Gasteiger partial charge in [0, 0.05) is 41.6 Å². The minimum absolute atomic E-state index is 0.0182. The van der Waals surface area contributed by atoms with Crippen LogP contribution < -0.4 is 10.1 Å². The van der Waals surface area contributed by atoms with Crippen LogP contribution in [-0.4, -0.2) is 35.2 Å². The molecule has 1 amide bonds. The fourth-order valence-corrected chi connectivity index (χ4v) is 7.19. The van der Waals surface area contributed by atoms with E-state index >= 15 is 0 Å². The second-order valence-corrected chi connectivity index (χ2v) is 12.0. The van der Waals surface area contributed by atoms with E-state index in [0.717, 1.165) is 5.57 Å². The number of aliphatic hydroxyl groups excluding tert-OH is 1. The highest BCUT2D eigenvalue weighted by Gasteiger charge is 2.31. The maximum atomic E-state index is 13.6. The number of amides is 1. The molecule has 188 valence electrons. The van der Waals surface area contributed by atoms with E-state index in [1.165, 1.54) is 24.3 Å². The van der Waals surface area contributed by atoms with E-state index in [1.807, 2.05) is 45.2 Å². The summed E-state index contributed by atoms with van der Waals surface area (Å²) >= 11 is 3.80. The second kappa shape index (κ2) is 9.78. The van der Waals surface area contributed by atoms with Gasteiger partial charge in [-0.05, 0) is 87.2 Å². The van der Waals surface area contributed by atoms with Gasteiger partial charge in [0.15, 0.2) is 0 Å². The number of anilines is 1. The van der Waals surface area contributed by atoms with Crippen molar-refractivity contribution in [2.45, 2.75) is 11.0 Å². The zero-order valence-electron chi connectivity index (χ0n) is 18.6. The molecule has 0 saturated heterocycles. The number of fused-ring (bicyclic) bond motifs is 2. The van der Waals surface area contributed by atoms with E-state index in [4.69, 9.17) is 4.74 Å². The number of phenolic OH excluding ortho intramolecular Hbond substituents is 1. The third-order valence-electron chi connectivity index (χ3n) is 5.83. The van der Waals surface area contributed by atoms with Crippen molar-refractivity contribution in [1.82, 2.24) is 0 Å². The van der Waals surface area contributed by atoms with Crippen LogP contribution in [0.25, 0.3) is 5.57 Å². The van der Waals surface area contributed by atoms with Crippen LogP contribution in [0.2, 0.25) is 0 Å². The van der Waals surface area contributed by atoms with E-state index < -0.39 is 22.1 Å². The van der Waals surface area contributed by atoms with E-state index in [-0.39, 0.29) is 16.4 Å². The van der Waals surface area contributed by atoms with Crippen molar-refractivity contribution >= 4 is 72.5 Å². The third kappa shape index (κ3) is 5.00. The highest BCUT2D eigenvalue weighted by atomic mass is 127. The number of aromatic hydroxyl groups is 1. The zero-order chi connectivity index (χ0) is 26.5.